The second-order valence-electron chi connectivity index (χ2n) is 7.51. The van der Waals surface area contributed by atoms with Crippen LogP contribution in [0.1, 0.15) is 36.6 Å². The number of hydrogen-bond acceptors (Lipinski definition) is 7. The second-order valence-corrected chi connectivity index (χ2v) is 8.38. The van der Waals surface area contributed by atoms with Crippen LogP contribution in [0, 0.1) is 6.92 Å². The van der Waals surface area contributed by atoms with Gasteiger partial charge in [-0.25, -0.2) is 9.79 Å². The molecule has 0 bridgehead atoms. The fraction of sp³-hybridized carbons (Fsp3) is 0.280. The van der Waals surface area contributed by atoms with Gasteiger partial charge in [0.2, 0.25) is 0 Å². The molecule has 2 heterocycles. The number of methoxy groups -OCH3 is 1. The Kier molecular flexibility index (Phi) is 6.55. The van der Waals surface area contributed by atoms with Gasteiger partial charge >= 0.3 is 5.97 Å². The van der Waals surface area contributed by atoms with Crippen LogP contribution in [0.4, 0.5) is 0 Å². The first-order valence-corrected chi connectivity index (χ1v) is 11.3. The van der Waals surface area contributed by atoms with Crippen LogP contribution in [-0.4, -0.2) is 29.8 Å². The number of carbonyl (C=O) groups excluding carboxylic acids is 1. The molecule has 0 amide bonds. The average molecular weight is 451 g/mol. The number of benzene rings is 2. The third-order valence-corrected chi connectivity index (χ3v) is 6.10. The van der Waals surface area contributed by atoms with Gasteiger partial charge in [-0.1, -0.05) is 47.7 Å². The van der Waals surface area contributed by atoms with Gasteiger partial charge in [0, 0.05) is 6.20 Å². The zero-order valence-corrected chi connectivity index (χ0v) is 19.4. The fourth-order valence-electron chi connectivity index (χ4n) is 3.72. The molecule has 0 saturated heterocycles. The summed E-state index contributed by atoms with van der Waals surface area (Å²) in [5.41, 5.74) is 4.37. The zero-order valence-electron chi connectivity index (χ0n) is 18.6. The SMILES string of the molecule is CCOC(=O)C1=C(C)N=C2SC=CN2[C@H]1c1ccc(OCc2ccc(C)cc2)c(OC)c1. The van der Waals surface area contributed by atoms with Crippen LogP contribution < -0.4 is 9.47 Å². The minimum absolute atomic E-state index is 0.304. The van der Waals surface area contributed by atoms with E-state index in [0.717, 1.165) is 16.3 Å². The number of rotatable bonds is 7. The Balaban J connectivity index is 1.65. The predicted molar refractivity (Wildman–Crippen MR) is 127 cm³/mol. The molecule has 2 aromatic carbocycles. The molecule has 1 atom stereocenters. The van der Waals surface area contributed by atoms with Crippen molar-refractivity contribution in [3.05, 3.63) is 82.0 Å². The van der Waals surface area contributed by atoms with Crippen molar-refractivity contribution in [3.8, 4) is 11.5 Å². The molecule has 2 aliphatic heterocycles. The lowest BCUT2D eigenvalue weighted by molar-refractivity contribution is -0.139. The van der Waals surface area contributed by atoms with Crippen molar-refractivity contribution < 1.29 is 19.0 Å². The van der Waals surface area contributed by atoms with Crippen LogP contribution in [0.3, 0.4) is 0 Å². The third kappa shape index (κ3) is 4.39. The second kappa shape index (κ2) is 9.53. The van der Waals surface area contributed by atoms with Gasteiger partial charge in [-0.2, -0.15) is 0 Å². The molecule has 0 N–H and O–H groups in total. The number of aliphatic imine (C=N–C) groups is 1. The molecule has 2 aliphatic rings. The lowest BCUT2D eigenvalue weighted by Gasteiger charge is -2.33. The van der Waals surface area contributed by atoms with Crippen molar-refractivity contribution in [3.63, 3.8) is 0 Å². The van der Waals surface area contributed by atoms with Gasteiger partial charge in [-0.15, -0.1) is 0 Å². The Labute approximate surface area is 192 Å². The maximum atomic E-state index is 12.8. The molecule has 0 radical (unpaired) electrons. The molecule has 0 aromatic heterocycles. The Hall–Kier alpha value is -3.19. The highest BCUT2D eigenvalue weighted by Gasteiger charge is 2.37. The highest BCUT2D eigenvalue weighted by atomic mass is 32.2. The third-order valence-electron chi connectivity index (χ3n) is 5.33. The van der Waals surface area contributed by atoms with E-state index in [1.165, 1.54) is 17.3 Å². The molecular weight excluding hydrogens is 424 g/mol. The van der Waals surface area contributed by atoms with Crippen LogP contribution in [-0.2, 0) is 16.1 Å². The Bertz CT molecular complexity index is 1110. The molecule has 4 rings (SSSR count). The van der Waals surface area contributed by atoms with Crippen LogP contribution in [0.25, 0.3) is 0 Å². The van der Waals surface area contributed by atoms with Crippen LogP contribution in [0.5, 0.6) is 11.5 Å². The van der Waals surface area contributed by atoms with E-state index in [-0.39, 0.29) is 12.0 Å². The van der Waals surface area contributed by atoms with Crippen molar-refractivity contribution in [1.29, 1.82) is 0 Å². The summed E-state index contributed by atoms with van der Waals surface area (Å²) in [4.78, 5) is 19.4. The lowest BCUT2D eigenvalue weighted by atomic mass is 9.94. The van der Waals surface area contributed by atoms with Crippen LogP contribution in [0.15, 0.2) is 70.3 Å². The minimum atomic E-state index is -0.359. The summed E-state index contributed by atoms with van der Waals surface area (Å²) >= 11 is 1.53. The van der Waals surface area contributed by atoms with Crippen molar-refractivity contribution in [2.45, 2.75) is 33.4 Å². The number of ether oxygens (including phenoxy) is 3. The highest BCUT2D eigenvalue weighted by molar-refractivity contribution is 8.16. The lowest BCUT2D eigenvalue weighted by Crippen LogP contribution is -2.34. The summed E-state index contributed by atoms with van der Waals surface area (Å²) in [6.45, 7) is 6.45. The van der Waals surface area contributed by atoms with Crippen molar-refractivity contribution in [2.75, 3.05) is 13.7 Å². The first-order chi connectivity index (χ1) is 15.5. The highest BCUT2D eigenvalue weighted by Crippen LogP contribution is 2.43. The number of esters is 1. The van der Waals surface area contributed by atoms with E-state index in [0.29, 0.717) is 36.0 Å². The van der Waals surface area contributed by atoms with Crippen molar-refractivity contribution in [2.24, 2.45) is 4.99 Å². The molecule has 0 aliphatic carbocycles. The average Bonchev–Trinajstić information content (AvgIpc) is 3.25. The quantitative estimate of drug-likeness (QED) is 0.530. The Morgan fingerprint density at radius 2 is 1.91 bits per heavy atom. The molecule has 166 valence electrons. The number of amidine groups is 1. The van der Waals surface area contributed by atoms with E-state index < -0.39 is 0 Å². The van der Waals surface area contributed by atoms with Gasteiger partial charge in [0.15, 0.2) is 16.7 Å². The van der Waals surface area contributed by atoms with E-state index in [1.807, 2.05) is 41.6 Å². The predicted octanol–water partition coefficient (Wildman–Crippen LogP) is 5.35. The summed E-state index contributed by atoms with van der Waals surface area (Å²) < 4.78 is 17.0. The number of allylic oxidation sites excluding steroid dienone is 1. The molecule has 2 aromatic rings. The van der Waals surface area contributed by atoms with E-state index in [4.69, 9.17) is 14.2 Å². The van der Waals surface area contributed by atoms with Gasteiger partial charge in [-0.3, -0.25) is 0 Å². The number of hydrogen-bond donors (Lipinski definition) is 0. The summed E-state index contributed by atoms with van der Waals surface area (Å²) in [6, 6.07) is 13.6. The summed E-state index contributed by atoms with van der Waals surface area (Å²) in [5, 5.41) is 2.79. The Morgan fingerprint density at radius 3 is 2.62 bits per heavy atom. The van der Waals surface area contributed by atoms with Gasteiger partial charge in [0.05, 0.1) is 31.0 Å². The van der Waals surface area contributed by atoms with Crippen LogP contribution in [0.2, 0.25) is 0 Å². The van der Waals surface area contributed by atoms with E-state index in [1.54, 1.807) is 14.0 Å². The molecule has 32 heavy (non-hydrogen) atoms. The summed E-state index contributed by atoms with van der Waals surface area (Å²) in [7, 11) is 1.62. The topological polar surface area (TPSA) is 60.4 Å². The molecule has 0 saturated carbocycles. The van der Waals surface area contributed by atoms with Gasteiger partial charge in [0.1, 0.15) is 6.61 Å². The number of aryl methyl sites for hydroxylation is 1. The standard InChI is InChI=1S/C25H26N2O4S/c1-5-30-24(28)22-17(3)26-25-27(12-13-32-25)23(22)19-10-11-20(21(14-19)29-4)31-15-18-8-6-16(2)7-9-18/h6-14,23H,5,15H2,1-4H3/t23-/m0/s1. The summed E-state index contributed by atoms with van der Waals surface area (Å²) in [5.74, 6) is 0.892. The maximum absolute atomic E-state index is 12.8. The summed E-state index contributed by atoms with van der Waals surface area (Å²) in [6.07, 6.45) is 1.94. The molecular formula is C25H26N2O4S. The van der Waals surface area contributed by atoms with E-state index in [2.05, 4.69) is 36.2 Å². The minimum Gasteiger partial charge on any atom is -0.493 e. The number of fused-ring (bicyclic) bond motifs is 1. The van der Waals surface area contributed by atoms with E-state index in [9.17, 15) is 4.79 Å². The Morgan fingerprint density at radius 1 is 1.12 bits per heavy atom. The molecule has 0 spiro atoms. The van der Waals surface area contributed by atoms with Gasteiger partial charge in [-0.05, 0) is 49.4 Å². The maximum Gasteiger partial charge on any atom is 0.338 e. The van der Waals surface area contributed by atoms with E-state index >= 15 is 0 Å². The number of carbonyl (C=O) groups is 1. The number of thioether (sulfide) groups is 1. The first-order valence-electron chi connectivity index (χ1n) is 10.5. The number of nitrogens with zero attached hydrogens (tertiary/aromatic N) is 2. The van der Waals surface area contributed by atoms with Crippen LogP contribution >= 0.6 is 11.8 Å². The largest absolute Gasteiger partial charge is 0.493 e. The zero-order chi connectivity index (χ0) is 22.7. The molecule has 0 fully saturated rings. The van der Waals surface area contributed by atoms with Gasteiger partial charge < -0.3 is 19.1 Å². The first kappa shape index (κ1) is 22.0. The van der Waals surface area contributed by atoms with Crippen molar-refractivity contribution >= 4 is 22.9 Å². The fourth-order valence-corrected chi connectivity index (χ4v) is 4.51. The smallest absolute Gasteiger partial charge is 0.338 e. The van der Waals surface area contributed by atoms with Gasteiger partial charge in [0.25, 0.3) is 0 Å². The van der Waals surface area contributed by atoms with Crippen molar-refractivity contribution in [1.82, 2.24) is 4.90 Å². The molecule has 6 nitrogen and oxygen atoms in total. The monoisotopic (exact) mass is 450 g/mol. The molecule has 0 unspecified atom stereocenters. The normalized spacial score (nSPS) is 17.2. The molecule has 7 heteroatoms.